The zero-order valence-electron chi connectivity index (χ0n) is 9.41. The first-order chi connectivity index (χ1) is 8.60. The molecule has 0 atom stereocenters. The number of nitrogen functional groups attached to an aromatic ring is 1. The second-order valence-electron chi connectivity index (χ2n) is 3.26. The van der Waals surface area contributed by atoms with E-state index in [-0.39, 0.29) is 0 Å². The van der Waals surface area contributed by atoms with Gasteiger partial charge >= 0.3 is 0 Å². The fourth-order valence-electron chi connectivity index (χ4n) is 1.24. The number of nitrogens with zero attached hydrogens (tertiary/aromatic N) is 2. The molecule has 0 aliphatic carbocycles. The van der Waals surface area contributed by atoms with Gasteiger partial charge in [-0.15, -0.1) is 10.2 Å². The summed E-state index contributed by atoms with van der Waals surface area (Å²) in [6, 6.07) is 5.06. The number of hydrogen-bond acceptors (Lipinski definition) is 7. The molecule has 1 aromatic heterocycles. The highest BCUT2D eigenvalue weighted by Crippen LogP contribution is 2.35. The number of anilines is 1. The number of amides is 1. The lowest BCUT2D eigenvalue weighted by atomic mass is 10.2. The Morgan fingerprint density at radius 1 is 1.33 bits per heavy atom. The van der Waals surface area contributed by atoms with E-state index in [1.807, 2.05) is 6.26 Å². The lowest BCUT2D eigenvalue weighted by molar-refractivity contribution is 0.0997. The lowest BCUT2D eigenvalue weighted by Gasteiger charge is -2.04. The molecule has 2 aromatic rings. The molecule has 2 rings (SSSR count). The van der Waals surface area contributed by atoms with Crippen molar-refractivity contribution in [1.29, 1.82) is 0 Å². The number of carbonyl (C=O) groups is 1. The molecule has 0 fully saturated rings. The molecule has 0 radical (unpaired) electrons. The van der Waals surface area contributed by atoms with Crippen LogP contribution >= 0.6 is 34.9 Å². The summed E-state index contributed by atoms with van der Waals surface area (Å²) in [6.07, 6.45) is 1.94. The fraction of sp³-hybridized carbons (Fsp3) is 0.100. The van der Waals surface area contributed by atoms with E-state index in [9.17, 15) is 4.79 Å². The number of carbonyl (C=O) groups excluding carboxylic acids is 1. The molecule has 94 valence electrons. The summed E-state index contributed by atoms with van der Waals surface area (Å²) in [6.45, 7) is 0. The van der Waals surface area contributed by atoms with Gasteiger partial charge in [0.2, 0.25) is 5.91 Å². The van der Waals surface area contributed by atoms with E-state index >= 15 is 0 Å². The molecule has 0 unspecified atom stereocenters. The second kappa shape index (κ2) is 5.59. The zero-order valence-corrected chi connectivity index (χ0v) is 11.9. The Labute approximate surface area is 116 Å². The fourth-order valence-corrected chi connectivity index (χ4v) is 3.76. The molecule has 0 aliphatic heterocycles. The minimum absolute atomic E-state index is 0.404. The van der Waals surface area contributed by atoms with Crippen molar-refractivity contribution in [3.05, 3.63) is 23.8 Å². The molecule has 5 nitrogen and oxygen atoms in total. The highest BCUT2D eigenvalue weighted by molar-refractivity contribution is 8.03. The Kier molecular flexibility index (Phi) is 4.10. The van der Waals surface area contributed by atoms with Crippen LogP contribution in [0.2, 0.25) is 0 Å². The summed E-state index contributed by atoms with van der Waals surface area (Å²) in [5.41, 5.74) is 11.9. The van der Waals surface area contributed by atoms with Crippen molar-refractivity contribution < 1.29 is 4.79 Å². The summed E-state index contributed by atoms with van der Waals surface area (Å²) in [5, 5.41) is 8.03. The van der Waals surface area contributed by atoms with Crippen molar-refractivity contribution in [2.75, 3.05) is 12.0 Å². The minimum Gasteiger partial charge on any atom is -0.399 e. The predicted octanol–water partition coefficient (Wildman–Crippen LogP) is 2.09. The molecule has 0 aliphatic rings. The first-order valence-electron chi connectivity index (χ1n) is 4.85. The number of hydrogen-bond donors (Lipinski definition) is 2. The summed E-state index contributed by atoms with van der Waals surface area (Å²) in [7, 11) is 0. The molecular formula is C10H10N4OS3. The van der Waals surface area contributed by atoms with Crippen LogP contribution in [0, 0.1) is 0 Å². The maximum atomic E-state index is 11.3. The van der Waals surface area contributed by atoms with E-state index < -0.39 is 5.91 Å². The Morgan fingerprint density at radius 2 is 2.06 bits per heavy atom. The van der Waals surface area contributed by atoms with E-state index in [0.29, 0.717) is 11.3 Å². The van der Waals surface area contributed by atoms with Crippen LogP contribution in [0.5, 0.6) is 0 Å². The highest BCUT2D eigenvalue weighted by Gasteiger charge is 2.12. The quantitative estimate of drug-likeness (QED) is 0.663. The Balaban J connectivity index is 2.30. The number of nitrogens with two attached hydrogens (primary N) is 2. The molecular weight excluding hydrogens is 288 g/mol. The third-order valence-corrected chi connectivity index (χ3v) is 5.05. The van der Waals surface area contributed by atoms with Gasteiger partial charge in [0.25, 0.3) is 0 Å². The van der Waals surface area contributed by atoms with Gasteiger partial charge in [0.15, 0.2) is 8.68 Å². The van der Waals surface area contributed by atoms with Crippen LogP contribution < -0.4 is 11.5 Å². The predicted molar refractivity (Wildman–Crippen MR) is 75.2 cm³/mol. The maximum Gasteiger partial charge on any atom is 0.249 e. The van der Waals surface area contributed by atoms with Gasteiger partial charge in [-0.3, -0.25) is 4.79 Å². The van der Waals surface area contributed by atoms with Crippen molar-refractivity contribution in [1.82, 2.24) is 10.2 Å². The molecule has 0 saturated heterocycles. The molecule has 1 amide bonds. The SMILES string of the molecule is CSc1nnc(Sc2ccc(N)cc2C(N)=O)s1. The van der Waals surface area contributed by atoms with Crippen molar-refractivity contribution in [3.8, 4) is 0 Å². The molecule has 18 heavy (non-hydrogen) atoms. The summed E-state index contributed by atoms with van der Waals surface area (Å²) < 4.78 is 1.65. The Bertz CT molecular complexity index is 584. The van der Waals surface area contributed by atoms with E-state index in [1.165, 1.54) is 34.9 Å². The van der Waals surface area contributed by atoms with Gasteiger partial charge in [0, 0.05) is 10.6 Å². The van der Waals surface area contributed by atoms with Gasteiger partial charge in [0.05, 0.1) is 5.56 Å². The number of rotatable bonds is 4. The first-order valence-corrected chi connectivity index (χ1v) is 7.70. The van der Waals surface area contributed by atoms with Crippen LogP contribution in [0.3, 0.4) is 0 Å². The lowest BCUT2D eigenvalue weighted by Crippen LogP contribution is -2.12. The van der Waals surface area contributed by atoms with E-state index in [4.69, 9.17) is 11.5 Å². The van der Waals surface area contributed by atoms with Gasteiger partial charge in [0.1, 0.15) is 0 Å². The summed E-state index contributed by atoms with van der Waals surface area (Å²) in [5.74, 6) is -0.501. The standard InChI is InChI=1S/C10H10N4OS3/c1-16-9-13-14-10(18-9)17-7-3-2-5(11)4-6(7)8(12)15/h2-4H,11H2,1H3,(H2,12,15). The Hall–Kier alpha value is -1.25. The molecule has 1 heterocycles. The van der Waals surface area contributed by atoms with Crippen LogP contribution in [-0.4, -0.2) is 22.4 Å². The van der Waals surface area contributed by atoms with Crippen molar-refractivity contribution >= 4 is 46.5 Å². The second-order valence-corrected chi connectivity index (χ2v) is 6.58. The van der Waals surface area contributed by atoms with Gasteiger partial charge in [-0.1, -0.05) is 34.9 Å². The minimum atomic E-state index is -0.501. The smallest absolute Gasteiger partial charge is 0.249 e. The van der Waals surface area contributed by atoms with Crippen LogP contribution in [0.15, 0.2) is 31.8 Å². The highest BCUT2D eigenvalue weighted by atomic mass is 32.2. The molecule has 8 heteroatoms. The van der Waals surface area contributed by atoms with Crippen molar-refractivity contribution in [2.45, 2.75) is 13.6 Å². The molecule has 0 saturated carbocycles. The van der Waals surface area contributed by atoms with Gasteiger partial charge in [-0.05, 0) is 24.5 Å². The van der Waals surface area contributed by atoms with Gasteiger partial charge in [-0.25, -0.2) is 0 Å². The topological polar surface area (TPSA) is 94.9 Å². The van der Waals surface area contributed by atoms with Crippen molar-refractivity contribution in [3.63, 3.8) is 0 Å². The van der Waals surface area contributed by atoms with Crippen LogP contribution in [-0.2, 0) is 0 Å². The first kappa shape index (κ1) is 13.2. The average Bonchev–Trinajstić information content (AvgIpc) is 2.79. The summed E-state index contributed by atoms with van der Waals surface area (Å²) >= 11 is 4.37. The monoisotopic (exact) mass is 298 g/mol. The number of primary amides is 1. The number of benzene rings is 1. The Morgan fingerprint density at radius 3 is 2.67 bits per heavy atom. The van der Waals surface area contributed by atoms with E-state index in [2.05, 4.69) is 10.2 Å². The third-order valence-electron chi connectivity index (χ3n) is 2.03. The van der Waals surface area contributed by atoms with Gasteiger partial charge in [-0.2, -0.15) is 0 Å². The molecule has 1 aromatic carbocycles. The van der Waals surface area contributed by atoms with Crippen LogP contribution in [0.4, 0.5) is 5.69 Å². The van der Waals surface area contributed by atoms with Crippen LogP contribution in [0.25, 0.3) is 0 Å². The molecule has 4 N–H and O–H groups in total. The van der Waals surface area contributed by atoms with Crippen LogP contribution in [0.1, 0.15) is 10.4 Å². The maximum absolute atomic E-state index is 11.3. The summed E-state index contributed by atoms with van der Waals surface area (Å²) in [4.78, 5) is 12.1. The number of thioether (sulfide) groups is 1. The average molecular weight is 298 g/mol. The normalized spacial score (nSPS) is 10.5. The van der Waals surface area contributed by atoms with Gasteiger partial charge < -0.3 is 11.5 Å². The third kappa shape index (κ3) is 2.95. The number of aromatic nitrogens is 2. The largest absolute Gasteiger partial charge is 0.399 e. The molecule has 0 bridgehead atoms. The zero-order chi connectivity index (χ0) is 13.1. The molecule has 0 spiro atoms. The van der Waals surface area contributed by atoms with Crippen molar-refractivity contribution in [2.24, 2.45) is 5.73 Å². The van der Waals surface area contributed by atoms with E-state index in [1.54, 1.807) is 18.2 Å². The van der Waals surface area contributed by atoms with E-state index in [0.717, 1.165) is 13.6 Å².